The number of hydrogen-bond donors (Lipinski definition) is 0. The number of anilines is 1. The number of hydrogen-bond acceptors (Lipinski definition) is 5. The van der Waals surface area contributed by atoms with E-state index in [9.17, 15) is 4.79 Å². The van der Waals surface area contributed by atoms with Gasteiger partial charge in [-0.2, -0.15) is 0 Å². The van der Waals surface area contributed by atoms with Gasteiger partial charge in [0.25, 0.3) is 0 Å². The molecule has 1 fully saturated rings. The van der Waals surface area contributed by atoms with Crippen LogP contribution < -0.4 is 4.90 Å². The van der Waals surface area contributed by atoms with E-state index in [1.807, 2.05) is 25.7 Å². The number of carbonyl (C=O) groups is 1. The lowest BCUT2D eigenvalue weighted by molar-refractivity contribution is 0.0227. The van der Waals surface area contributed by atoms with Crippen molar-refractivity contribution < 1.29 is 9.53 Å². The van der Waals surface area contributed by atoms with Crippen LogP contribution in [-0.2, 0) is 4.74 Å². The zero-order valence-electron chi connectivity index (χ0n) is 12.9. The molecular formula is C15H19BrN4O2. The van der Waals surface area contributed by atoms with Gasteiger partial charge in [-0.3, -0.25) is 0 Å². The Kier molecular flexibility index (Phi) is 4.91. The van der Waals surface area contributed by atoms with Crippen molar-refractivity contribution in [2.45, 2.75) is 32.4 Å². The van der Waals surface area contributed by atoms with Crippen molar-refractivity contribution in [2.75, 3.05) is 24.5 Å². The summed E-state index contributed by atoms with van der Waals surface area (Å²) in [6, 6.07) is -0.253. The van der Waals surface area contributed by atoms with E-state index in [-0.39, 0.29) is 12.1 Å². The van der Waals surface area contributed by atoms with Gasteiger partial charge in [0.05, 0.1) is 18.9 Å². The van der Waals surface area contributed by atoms with Crippen LogP contribution in [0.5, 0.6) is 0 Å². The van der Waals surface area contributed by atoms with Crippen LogP contribution >= 0.6 is 15.9 Å². The molecule has 1 saturated heterocycles. The summed E-state index contributed by atoms with van der Waals surface area (Å²) < 4.78 is 6.06. The van der Waals surface area contributed by atoms with Gasteiger partial charge in [0, 0.05) is 13.1 Å². The number of amides is 1. The Morgan fingerprint density at radius 3 is 2.68 bits per heavy atom. The first-order valence-corrected chi connectivity index (χ1v) is 7.78. The van der Waals surface area contributed by atoms with Crippen LogP contribution in [0.25, 0.3) is 0 Å². The minimum absolute atomic E-state index is 0.253. The summed E-state index contributed by atoms with van der Waals surface area (Å²) in [5.74, 6) is 3.42. The monoisotopic (exact) mass is 366 g/mol. The quantitative estimate of drug-likeness (QED) is 0.713. The van der Waals surface area contributed by atoms with E-state index in [0.29, 0.717) is 30.1 Å². The average molecular weight is 367 g/mol. The molecule has 0 N–H and O–H groups in total. The first-order chi connectivity index (χ1) is 10.3. The van der Waals surface area contributed by atoms with Gasteiger partial charge in [0.15, 0.2) is 0 Å². The number of ether oxygens (including phenoxy) is 1. The number of terminal acetylenes is 1. The Morgan fingerprint density at radius 2 is 2.14 bits per heavy atom. The second-order valence-electron chi connectivity index (χ2n) is 6.00. The van der Waals surface area contributed by atoms with Gasteiger partial charge in [0.2, 0.25) is 0 Å². The SMILES string of the molecule is C#C[C@H]1CN(C(=O)OC(C)(C)C)CCN1c1cnc(Br)cn1. The minimum Gasteiger partial charge on any atom is -0.444 e. The highest BCUT2D eigenvalue weighted by Crippen LogP contribution is 2.20. The third kappa shape index (κ3) is 4.10. The van der Waals surface area contributed by atoms with Crippen molar-refractivity contribution in [2.24, 2.45) is 0 Å². The maximum absolute atomic E-state index is 12.1. The molecule has 1 aliphatic heterocycles. The van der Waals surface area contributed by atoms with Gasteiger partial charge in [0.1, 0.15) is 22.1 Å². The highest BCUT2D eigenvalue weighted by molar-refractivity contribution is 9.10. The highest BCUT2D eigenvalue weighted by atomic mass is 79.9. The second kappa shape index (κ2) is 6.53. The van der Waals surface area contributed by atoms with Crippen LogP contribution in [0.3, 0.4) is 0 Å². The van der Waals surface area contributed by atoms with Crippen molar-refractivity contribution in [1.82, 2.24) is 14.9 Å². The molecule has 2 heterocycles. The number of halogens is 1. The van der Waals surface area contributed by atoms with E-state index in [1.165, 1.54) is 0 Å². The lowest BCUT2D eigenvalue weighted by Crippen LogP contribution is -2.55. The first-order valence-electron chi connectivity index (χ1n) is 6.98. The van der Waals surface area contributed by atoms with E-state index in [2.05, 4.69) is 31.8 Å². The Labute approximate surface area is 139 Å². The highest BCUT2D eigenvalue weighted by Gasteiger charge is 2.31. The molecule has 22 heavy (non-hydrogen) atoms. The average Bonchev–Trinajstić information content (AvgIpc) is 2.45. The van der Waals surface area contributed by atoms with Crippen LogP contribution in [0.1, 0.15) is 20.8 Å². The smallest absolute Gasteiger partial charge is 0.410 e. The first kappa shape index (κ1) is 16.6. The van der Waals surface area contributed by atoms with E-state index >= 15 is 0 Å². The molecule has 0 aliphatic carbocycles. The number of carbonyl (C=O) groups excluding carboxylic acids is 1. The summed E-state index contributed by atoms with van der Waals surface area (Å²) in [6.07, 6.45) is 8.58. The predicted molar refractivity (Wildman–Crippen MR) is 87.5 cm³/mol. The fourth-order valence-corrected chi connectivity index (χ4v) is 2.35. The van der Waals surface area contributed by atoms with Gasteiger partial charge in [-0.25, -0.2) is 14.8 Å². The summed E-state index contributed by atoms with van der Waals surface area (Å²) in [5.41, 5.74) is -0.517. The maximum Gasteiger partial charge on any atom is 0.410 e. The van der Waals surface area contributed by atoms with Gasteiger partial charge in [-0.15, -0.1) is 6.42 Å². The molecular weight excluding hydrogens is 348 g/mol. The number of rotatable bonds is 1. The second-order valence-corrected chi connectivity index (χ2v) is 6.81. The van der Waals surface area contributed by atoms with Gasteiger partial charge in [-0.05, 0) is 36.7 Å². The van der Waals surface area contributed by atoms with Crippen LogP contribution in [0.4, 0.5) is 10.6 Å². The molecule has 1 aromatic heterocycles. The lowest BCUT2D eigenvalue weighted by atomic mass is 10.1. The Balaban J connectivity index is 2.07. The summed E-state index contributed by atoms with van der Waals surface area (Å²) in [7, 11) is 0. The Bertz CT molecular complexity index is 577. The molecule has 118 valence electrons. The van der Waals surface area contributed by atoms with Crippen molar-refractivity contribution in [1.29, 1.82) is 0 Å². The topological polar surface area (TPSA) is 58.6 Å². The third-order valence-corrected chi connectivity index (χ3v) is 3.53. The maximum atomic E-state index is 12.1. The van der Waals surface area contributed by atoms with Gasteiger partial charge < -0.3 is 14.5 Å². The fourth-order valence-electron chi connectivity index (χ4n) is 2.15. The van der Waals surface area contributed by atoms with Crippen molar-refractivity contribution in [3.05, 3.63) is 17.0 Å². The molecule has 0 spiro atoms. The van der Waals surface area contributed by atoms with Crippen LogP contribution in [0.15, 0.2) is 17.0 Å². The molecule has 0 radical (unpaired) electrons. The molecule has 1 aromatic rings. The molecule has 6 nitrogen and oxygen atoms in total. The minimum atomic E-state index is -0.517. The molecule has 0 aromatic carbocycles. The fraction of sp³-hybridized carbons (Fsp3) is 0.533. The molecule has 0 unspecified atom stereocenters. The standard InChI is InChI=1S/C15H19BrN4O2/c1-5-11-10-19(14(21)22-15(2,3)4)6-7-20(11)13-9-17-12(16)8-18-13/h1,8-9,11H,6-7,10H2,2-4H3/t11-/m0/s1. The van der Waals surface area contributed by atoms with E-state index in [4.69, 9.17) is 11.2 Å². The van der Waals surface area contributed by atoms with Crippen molar-refractivity contribution in [3.8, 4) is 12.3 Å². The zero-order valence-corrected chi connectivity index (χ0v) is 14.5. The van der Waals surface area contributed by atoms with Gasteiger partial charge >= 0.3 is 6.09 Å². The van der Waals surface area contributed by atoms with Crippen molar-refractivity contribution in [3.63, 3.8) is 0 Å². The van der Waals surface area contributed by atoms with E-state index in [0.717, 1.165) is 0 Å². The third-order valence-electron chi connectivity index (χ3n) is 3.13. The molecule has 7 heteroatoms. The lowest BCUT2D eigenvalue weighted by Gasteiger charge is -2.39. The van der Waals surface area contributed by atoms with Crippen LogP contribution in [0.2, 0.25) is 0 Å². The summed E-state index contributed by atoms with van der Waals surface area (Å²) in [4.78, 5) is 24.2. The molecule has 2 rings (SSSR count). The van der Waals surface area contributed by atoms with Crippen molar-refractivity contribution >= 4 is 27.8 Å². The van der Waals surface area contributed by atoms with Gasteiger partial charge in [-0.1, -0.05) is 5.92 Å². The Hall–Kier alpha value is -1.81. The number of nitrogens with zero attached hydrogens (tertiary/aromatic N) is 4. The molecule has 1 amide bonds. The normalized spacial score (nSPS) is 18.8. The van der Waals surface area contributed by atoms with E-state index < -0.39 is 5.60 Å². The summed E-state index contributed by atoms with van der Waals surface area (Å²) >= 11 is 3.26. The summed E-state index contributed by atoms with van der Waals surface area (Å²) in [5, 5.41) is 0. The zero-order chi connectivity index (χ0) is 16.3. The number of aromatic nitrogens is 2. The predicted octanol–water partition coefficient (Wildman–Crippen LogP) is 2.30. The van der Waals surface area contributed by atoms with E-state index in [1.54, 1.807) is 17.3 Å². The van der Waals surface area contributed by atoms with Crippen LogP contribution in [0, 0.1) is 12.3 Å². The number of piperazine rings is 1. The summed E-state index contributed by atoms with van der Waals surface area (Å²) in [6.45, 7) is 7.06. The van der Waals surface area contributed by atoms with Crippen LogP contribution in [-0.4, -0.2) is 52.2 Å². The molecule has 0 bridgehead atoms. The molecule has 0 saturated carbocycles. The molecule has 1 aliphatic rings. The Morgan fingerprint density at radius 1 is 1.41 bits per heavy atom. The largest absolute Gasteiger partial charge is 0.444 e. The molecule has 1 atom stereocenters.